The molecule has 8 rings (SSSR count). The highest BCUT2D eigenvalue weighted by molar-refractivity contribution is 7.89. The van der Waals surface area contributed by atoms with E-state index in [1.807, 2.05) is 91.6 Å². The number of hydrogen-bond donors (Lipinski definition) is 8. The first kappa shape index (κ1) is 64.4. The zero-order valence-corrected chi connectivity index (χ0v) is 50.6. The number of benzene rings is 5. The van der Waals surface area contributed by atoms with Crippen LogP contribution in [-0.2, 0) is 42.1 Å². The van der Waals surface area contributed by atoms with Crippen molar-refractivity contribution in [1.29, 1.82) is 0 Å². The van der Waals surface area contributed by atoms with E-state index in [-0.39, 0.29) is 93.7 Å². The molecule has 2 aliphatic heterocycles. The number of aryl methyl sites for hydroxylation is 1. The Morgan fingerprint density at radius 3 is 2.10 bits per heavy atom. The highest BCUT2D eigenvalue weighted by atomic mass is 32.2. The number of amidine groups is 1. The second-order valence-corrected chi connectivity index (χ2v) is 24.7. The number of primary amides is 1. The molecule has 0 aromatic heterocycles. The minimum Gasteiger partial charge on any atom is -0.465 e. The fraction of sp³-hybridized carbons (Fsp3) is 0.400. The summed E-state index contributed by atoms with van der Waals surface area (Å²) in [5.74, 6) is -1.78. The lowest BCUT2D eigenvalue weighted by molar-refractivity contribution is -0.128. The van der Waals surface area contributed by atoms with Crippen LogP contribution in [0.1, 0.15) is 106 Å². The molecule has 2 atom stereocenters. The number of aliphatic hydroxyl groups excluding tert-OH is 1. The van der Waals surface area contributed by atoms with Crippen molar-refractivity contribution in [2.45, 2.75) is 109 Å². The number of rotatable bonds is 28. The third kappa shape index (κ3) is 16.3. The number of fused-ring (bicyclic) bond motifs is 4. The number of carboxylic acid groups (broad SMARTS) is 1. The summed E-state index contributed by atoms with van der Waals surface area (Å²) in [6.07, 6.45) is 3.38. The monoisotopic (exact) mass is 1210 g/mol. The molecule has 3 aliphatic rings. The molecular formula is C65H80N10O11S. The van der Waals surface area contributed by atoms with Crippen LogP contribution in [0, 0.1) is 11.8 Å². The predicted molar refractivity (Wildman–Crippen MR) is 334 cm³/mol. The number of anilines is 1. The normalized spacial score (nSPS) is 14.6. The summed E-state index contributed by atoms with van der Waals surface area (Å²) in [6, 6.07) is 30.1. The van der Waals surface area contributed by atoms with E-state index in [2.05, 4.69) is 21.3 Å². The molecule has 1 aliphatic carbocycles. The number of nitrogens with two attached hydrogens (primary N) is 2. The Morgan fingerprint density at radius 2 is 1.47 bits per heavy atom. The minimum atomic E-state index is -3.83. The van der Waals surface area contributed by atoms with Crippen molar-refractivity contribution in [1.82, 2.24) is 30.1 Å². The maximum Gasteiger partial charge on any atom is 0.407 e. The summed E-state index contributed by atoms with van der Waals surface area (Å²) < 4.78 is 34.4. The van der Waals surface area contributed by atoms with Crippen molar-refractivity contribution in [3.63, 3.8) is 0 Å². The molecule has 10 N–H and O–H groups in total. The Labute approximate surface area is 508 Å². The van der Waals surface area contributed by atoms with Gasteiger partial charge in [0.1, 0.15) is 24.5 Å². The van der Waals surface area contributed by atoms with E-state index in [1.54, 1.807) is 56.3 Å². The first-order valence-electron chi connectivity index (χ1n) is 29.8. The number of nitrogens with zero attached hydrogens (tertiary/aromatic N) is 4. The highest BCUT2D eigenvalue weighted by Crippen LogP contribution is 2.45. The lowest BCUT2D eigenvalue weighted by atomic mass is 9.93. The molecule has 0 radical (unpaired) electrons. The summed E-state index contributed by atoms with van der Waals surface area (Å²) in [4.78, 5) is 87.6. The van der Waals surface area contributed by atoms with Gasteiger partial charge in [0.15, 0.2) is 0 Å². The zero-order valence-electron chi connectivity index (χ0n) is 49.8. The van der Waals surface area contributed by atoms with E-state index in [1.165, 1.54) is 9.21 Å². The summed E-state index contributed by atoms with van der Waals surface area (Å²) in [5.41, 5.74) is 20.9. The number of unbranched alkanes of at least 4 members (excludes halogenated alkanes) is 1. The number of hydrogen-bond acceptors (Lipinski definition) is 12. The van der Waals surface area contributed by atoms with Crippen LogP contribution in [0.3, 0.4) is 0 Å². The van der Waals surface area contributed by atoms with Gasteiger partial charge in [-0.25, -0.2) is 27.8 Å². The number of aliphatic hydroxyl groups is 1. The van der Waals surface area contributed by atoms with Crippen molar-refractivity contribution in [2.24, 2.45) is 28.3 Å². The lowest BCUT2D eigenvalue weighted by Gasteiger charge is -2.36. The number of carbonyl (C=O) groups is 6. The van der Waals surface area contributed by atoms with Crippen molar-refractivity contribution < 1.29 is 52.1 Å². The van der Waals surface area contributed by atoms with Gasteiger partial charge in [0.25, 0.3) is 0 Å². The lowest BCUT2D eigenvalue weighted by Crippen LogP contribution is -2.54. The van der Waals surface area contributed by atoms with Crippen molar-refractivity contribution in [3.05, 3.63) is 143 Å². The SMILES string of the molecule is CCCN(CCC)C(=O)C1=Cc2c(CCCCN(Cc3ccc(NC(=O)[C@H](CCCNC(N)=O)NC(=O)[C@@H](NC(=O)OCC4c5ccccc5-c5ccccc54)C(C)C)cc3)C(=O)O)cc(-c3cccc(S(=O)(=O)N4CC(CO)C4)c3)cc2N=C(N)C1. The number of amides is 7. The molecule has 0 bridgehead atoms. The van der Waals surface area contributed by atoms with Gasteiger partial charge in [-0.05, 0) is 132 Å². The van der Waals surface area contributed by atoms with Crippen LogP contribution in [0.25, 0.3) is 28.3 Å². The van der Waals surface area contributed by atoms with Gasteiger partial charge in [0, 0.05) is 87.5 Å². The van der Waals surface area contributed by atoms with Gasteiger partial charge in [-0.3, -0.25) is 14.4 Å². The van der Waals surface area contributed by atoms with Gasteiger partial charge in [-0.15, -0.1) is 0 Å². The number of carbonyl (C=O) groups excluding carboxylic acids is 5. The minimum absolute atomic E-state index is 0.0266. The number of nitrogens with one attached hydrogen (secondary N) is 4. The molecule has 2 heterocycles. The molecule has 1 fully saturated rings. The van der Waals surface area contributed by atoms with Crippen LogP contribution in [0.5, 0.6) is 0 Å². The molecule has 21 nitrogen and oxygen atoms in total. The van der Waals surface area contributed by atoms with Crippen LogP contribution in [0.4, 0.5) is 25.8 Å². The molecule has 22 heteroatoms. The van der Waals surface area contributed by atoms with Crippen molar-refractivity contribution in [2.75, 3.05) is 57.8 Å². The highest BCUT2D eigenvalue weighted by Gasteiger charge is 2.37. The smallest absolute Gasteiger partial charge is 0.407 e. The number of ether oxygens (including phenoxy) is 1. The first-order valence-corrected chi connectivity index (χ1v) is 31.3. The molecular weight excluding hydrogens is 1130 g/mol. The Bertz CT molecular complexity index is 3440. The molecule has 1 saturated heterocycles. The van der Waals surface area contributed by atoms with E-state index in [4.69, 9.17) is 21.2 Å². The molecule has 5 aromatic carbocycles. The Morgan fingerprint density at radius 1 is 0.793 bits per heavy atom. The van der Waals surface area contributed by atoms with Crippen molar-refractivity contribution >= 4 is 69.2 Å². The van der Waals surface area contributed by atoms with Gasteiger partial charge in [-0.1, -0.05) is 107 Å². The summed E-state index contributed by atoms with van der Waals surface area (Å²) in [6.45, 7) is 9.43. The van der Waals surface area contributed by atoms with Crippen LogP contribution in [-0.4, -0.2) is 139 Å². The van der Waals surface area contributed by atoms with Gasteiger partial charge in [0.2, 0.25) is 27.7 Å². The summed E-state index contributed by atoms with van der Waals surface area (Å²) in [7, 11) is -3.83. The van der Waals surface area contributed by atoms with Gasteiger partial charge < -0.3 is 57.5 Å². The summed E-state index contributed by atoms with van der Waals surface area (Å²) >= 11 is 0. The van der Waals surface area contributed by atoms with E-state index in [9.17, 15) is 47.4 Å². The van der Waals surface area contributed by atoms with Gasteiger partial charge >= 0.3 is 18.2 Å². The van der Waals surface area contributed by atoms with Crippen molar-refractivity contribution in [3.8, 4) is 22.3 Å². The quantitative estimate of drug-likeness (QED) is 0.0219. The maximum absolute atomic E-state index is 14.1. The molecule has 7 amide bonds. The van der Waals surface area contributed by atoms with Crippen LogP contribution in [0.15, 0.2) is 125 Å². The average Bonchev–Trinajstić information content (AvgIpc) is 3.80. The molecule has 0 unspecified atom stereocenters. The second-order valence-electron chi connectivity index (χ2n) is 22.7. The molecule has 0 spiro atoms. The molecule has 0 saturated carbocycles. The molecule has 462 valence electrons. The average molecular weight is 1210 g/mol. The largest absolute Gasteiger partial charge is 0.465 e. The topological polar surface area (TPSA) is 308 Å². The van der Waals surface area contributed by atoms with E-state index in [0.717, 1.165) is 40.7 Å². The van der Waals surface area contributed by atoms with E-state index >= 15 is 0 Å². The Balaban J connectivity index is 0.921. The third-order valence-corrected chi connectivity index (χ3v) is 17.7. The number of sulfonamides is 1. The van der Waals surface area contributed by atoms with Gasteiger partial charge in [0.05, 0.1) is 10.6 Å². The zero-order chi connectivity index (χ0) is 62.4. The fourth-order valence-electron chi connectivity index (χ4n) is 11.3. The maximum atomic E-state index is 14.1. The van der Waals surface area contributed by atoms with E-state index < -0.39 is 58.1 Å². The predicted octanol–water partition coefficient (Wildman–Crippen LogP) is 8.33. The second kappa shape index (κ2) is 29.7. The van der Waals surface area contributed by atoms with Gasteiger partial charge in [-0.2, -0.15) is 4.31 Å². The molecule has 87 heavy (non-hydrogen) atoms. The first-order chi connectivity index (χ1) is 41.8. The van der Waals surface area contributed by atoms with Crippen LogP contribution < -0.4 is 32.7 Å². The number of urea groups is 1. The Hall–Kier alpha value is -8.60. The van der Waals surface area contributed by atoms with Crippen LogP contribution >= 0.6 is 0 Å². The molecule has 5 aromatic rings. The Kier molecular flexibility index (Phi) is 22.0. The summed E-state index contributed by atoms with van der Waals surface area (Å²) in [5, 5.41) is 30.8. The van der Waals surface area contributed by atoms with Crippen LogP contribution in [0.2, 0.25) is 0 Å². The third-order valence-electron chi connectivity index (χ3n) is 15.9. The number of alkyl carbamates (subject to hydrolysis) is 1. The number of aliphatic imine (C=N–C) groups is 1. The fourth-order valence-corrected chi connectivity index (χ4v) is 13.0. The van der Waals surface area contributed by atoms with E-state index in [0.29, 0.717) is 71.6 Å². The standard InChI is InChI=1S/C65H80N10O11S/c1-5-28-73(29-6-2)62(79)47-33-54-45(31-46(34-57(54)70-58(66)35-47)44-16-13-17-49(32-44)87(84,85)75-37-43(38-75)39-76)15-11-12-30-74(65(82)83)36-42-23-25-48(26-24-42)69-60(77)56(22-14-27-68-63(67)80)71-61(78)59(41(3)4)72-64(81)86-40-55-52-20-9-7-18-50(52)51-19-8-10-21-53(51)55/h7-10,13,16-21,23-26,31-34,41,43,55-56,59,76H,5-6,11-12,14-15,22,27-30,35-40H2,1-4H3,(H2,66,70)(H,69,77)(H,71,78)(H,72,81)(H,82,83)(H3,67,68,80)/t56-,59-/m0/s1.